The second-order valence-electron chi connectivity index (χ2n) is 10.1. The molecule has 4 atom stereocenters. The summed E-state index contributed by atoms with van der Waals surface area (Å²) in [5.74, 6) is 2.33. The Bertz CT molecular complexity index is 1180. The number of fused-ring (bicyclic) bond motifs is 5. The van der Waals surface area contributed by atoms with Gasteiger partial charge in [0.05, 0.1) is 25.9 Å². The Morgan fingerprint density at radius 2 is 1.77 bits per heavy atom. The van der Waals surface area contributed by atoms with Gasteiger partial charge < -0.3 is 19.1 Å². The van der Waals surface area contributed by atoms with Gasteiger partial charge in [-0.3, -0.25) is 0 Å². The van der Waals surface area contributed by atoms with Crippen LogP contribution in [0.15, 0.2) is 66.7 Å². The van der Waals surface area contributed by atoms with E-state index in [0.717, 1.165) is 62.6 Å². The second-order valence-corrected chi connectivity index (χ2v) is 10.1. The minimum atomic E-state index is -0.181. The second kappa shape index (κ2) is 9.63. The Labute approximate surface area is 206 Å². The summed E-state index contributed by atoms with van der Waals surface area (Å²) in [5.41, 5.74) is 4.92. The van der Waals surface area contributed by atoms with Gasteiger partial charge in [0.1, 0.15) is 17.3 Å². The average Bonchev–Trinajstić information content (AvgIpc) is 3.49. The van der Waals surface area contributed by atoms with Crippen molar-refractivity contribution >= 4 is 0 Å². The van der Waals surface area contributed by atoms with Gasteiger partial charge in [0.2, 0.25) is 0 Å². The summed E-state index contributed by atoms with van der Waals surface area (Å²) >= 11 is 0. The minimum absolute atomic E-state index is 0.0776. The third kappa shape index (κ3) is 4.67. The first-order valence-electron chi connectivity index (χ1n) is 12.7. The summed E-state index contributed by atoms with van der Waals surface area (Å²) < 4.78 is 32.2. The number of benzene rings is 3. The highest BCUT2D eigenvalue weighted by molar-refractivity contribution is 5.45. The quantitative estimate of drug-likeness (QED) is 0.456. The van der Waals surface area contributed by atoms with E-state index in [1.54, 1.807) is 19.2 Å². The molecule has 3 aliphatic rings. The average molecular weight is 474 g/mol. The van der Waals surface area contributed by atoms with E-state index in [9.17, 15) is 4.39 Å². The van der Waals surface area contributed by atoms with Gasteiger partial charge in [-0.25, -0.2) is 4.39 Å². The molecule has 1 unspecified atom stereocenters. The van der Waals surface area contributed by atoms with Crippen molar-refractivity contribution < 1.29 is 18.6 Å². The maximum atomic E-state index is 14.2. The van der Waals surface area contributed by atoms with Crippen LogP contribution in [0.4, 0.5) is 4.39 Å². The predicted octanol–water partition coefficient (Wildman–Crippen LogP) is 5.75. The Hall–Kier alpha value is -2.89. The Kier molecular flexibility index (Phi) is 6.21. The molecule has 35 heavy (non-hydrogen) atoms. The normalized spacial score (nSPS) is 25.4. The number of methoxy groups -OCH3 is 1. The van der Waals surface area contributed by atoms with Crippen LogP contribution in [0, 0.1) is 11.7 Å². The summed E-state index contributed by atoms with van der Waals surface area (Å²) in [5, 5.41) is 0. The SMILES string of the molecule is COc1ccc(OCC2CCN(C[C@H]3C[C@@H]4c5ccccc5Cc5ccc(F)cc5[C@@H]4O3)C2)cc1. The number of ether oxygens (including phenoxy) is 3. The highest BCUT2D eigenvalue weighted by Crippen LogP contribution is 2.49. The van der Waals surface area contributed by atoms with Crippen molar-refractivity contribution in [3.8, 4) is 11.5 Å². The summed E-state index contributed by atoms with van der Waals surface area (Å²) in [6, 6.07) is 21.7. The van der Waals surface area contributed by atoms with Crippen LogP contribution >= 0.6 is 0 Å². The molecule has 2 heterocycles. The molecule has 0 amide bonds. The smallest absolute Gasteiger partial charge is 0.123 e. The van der Waals surface area contributed by atoms with E-state index in [1.165, 1.54) is 16.7 Å². The lowest BCUT2D eigenvalue weighted by atomic mass is 9.87. The van der Waals surface area contributed by atoms with Crippen molar-refractivity contribution in [2.75, 3.05) is 33.4 Å². The number of nitrogens with zero attached hydrogens (tertiary/aromatic N) is 1. The first-order valence-corrected chi connectivity index (χ1v) is 12.7. The molecule has 2 aliphatic heterocycles. The van der Waals surface area contributed by atoms with E-state index in [0.29, 0.717) is 5.92 Å². The molecule has 1 aliphatic carbocycles. The first kappa shape index (κ1) is 22.6. The molecular formula is C30H32FNO3. The van der Waals surface area contributed by atoms with Crippen LogP contribution in [0.5, 0.6) is 11.5 Å². The monoisotopic (exact) mass is 473 g/mol. The minimum Gasteiger partial charge on any atom is -0.497 e. The molecule has 4 nitrogen and oxygen atoms in total. The fraction of sp³-hybridized carbons (Fsp3) is 0.400. The van der Waals surface area contributed by atoms with Crippen molar-refractivity contribution in [2.45, 2.75) is 37.4 Å². The van der Waals surface area contributed by atoms with Crippen molar-refractivity contribution in [3.63, 3.8) is 0 Å². The van der Waals surface area contributed by atoms with Gasteiger partial charge in [-0.1, -0.05) is 30.3 Å². The van der Waals surface area contributed by atoms with E-state index in [2.05, 4.69) is 29.2 Å². The number of likely N-dealkylation sites (tertiary alicyclic amines) is 1. The van der Waals surface area contributed by atoms with Crippen LogP contribution in [-0.4, -0.2) is 44.4 Å². The molecule has 0 bridgehead atoms. The Morgan fingerprint density at radius 1 is 0.971 bits per heavy atom. The van der Waals surface area contributed by atoms with Gasteiger partial charge in [-0.2, -0.15) is 0 Å². The molecule has 3 aromatic rings. The molecule has 0 radical (unpaired) electrons. The number of hydrogen-bond donors (Lipinski definition) is 0. The van der Waals surface area contributed by atoms with E-state index in [-0.39, 0.29) is 23.9 Å². The standard InChI is InChI=1S/C30H32FNO3/c1-33-24-8-10-25(11-9-24)34-19-20-12-13-32(17-20)18-26-16-29-27-5-3-2-4-21(27)14-22-6-7-23(31)15-28(22)30(29)35-26/h2-11,15,20,26,29-30H,12-14,16-19H2,1H3/t20?,26-,29-,30+/m1/s1. The molecule has 3 aromatic carbocycles. The third-order valence-electron chi connectivity index (χ3n) is 7.85. The number of hydrogen-bond acceptors (Lipinski definition) is 4. The maximum absolute atomic E-state index is 14.2. The molecule has 0 spiro atoms. The zero-order valence-electron chi connectivity index (χ0n) is 20.2. The van der Waals surface area contributed by atoms with Gasteiger partial charge in [0, 0.05) is 24.9 Å². The molecule has 5 heteroatoms. The fourth-order valence-electron chi connectivity index (χ4n) is 6.10. The predicted molar refractivity (Wildman–Crippen MR) is 134 cm³/mol. The third-order valence-corrected chi connectivity index (χ3v) is 7.85. The zero-order chi connectivity index (χ0) is 23.8. The van der Waals surface area contributed by atoms with Crippen LogP contribution in [0.2, 0.25) is 0 Å². The molecule has 6 rings (SSSR count). The van der Waals surface area contributed by atoms with Gasteiger partial charge in [0.25, 0.3) is 0 Å². The van der Waals surface area contributed by atoms with Crippen LogP contribution in [0.25, 0.3) is 0 Å². The van der Waals surface area contributed by atoms with Gasteiger partial charge in [0.15, 0.2) is 0 Å². The first-order chi connectivity index (χ1) is 17.2. The highest BCUT2D eigenvalue weighted by atomic mass is 19.1. The van der Waals surface area contributed by atoms with Crippen LogP contribution < -0.4 is 9.47 Å². The van der Waals surface area contributed by atoms with Gasteiger partial charge in [-0.05, 0) is 84.5 Å². The van der Waals surface area contributed by atoms with Crippen molar-refractivity contribution in [3.05, 3.63) is 94.8 Å². The largest absolute Gasteiger partial charge is 0.497 e. The highest BCUT2D eigenvalue weighted by Gasteiger charge is 2.41. The van der Waals surface area contributed by atoms with Gasteiger partial charge >= 0.3 is 0 Å². The van der Waals surface area contributed by atoms with Crippen molar-refractivity contribution in [1.29, 1.82) is 0 Å². The Morgan fingerprint density at radius 3 is 2.63 bits per heavy atom. The summed E-state index contributed by atoms with van der Waals surface area (Å²) in [4.78, 5) is 2.51. The van der Waals surface area contributed by atoms with Crippen LogP contribution in [-0.2, 0) is 11.2 Å². The summed E-state index contributed by atoms with van der Waals surface area (Å²) in [7, 11) is 1.67. The van der Waals surface area contributed by atoms with Gasteiger partial charge in [-0.15, -0.1) is 0 Å². The van der Waals surface area contributed by atoms with E-state index >= 15 is 0 Å². The molecule has 2 saturated heterocycles. The van der Waals surface area contributed by atoms with Crippen molar-refractivity contribution in [1.82, 2.24) is 4.90 Å². The maximum Gasteiger partial charge on any atom is 0.123 e. The molecule has 0 aromatic heterocycles. The van der Waals surface area contributed by atoms with Crippen LogP contribution in [0.1, 0.15) is 47.1 Å². The van der Waals surface area contributed by atoms with Crippen molar-refractivity contribution in [2.24, 2.45) is 5.92 Å². The number of halogens is 1. The fourth-order valence-corrected chi connectivity index (χ4v) is 6.10. The molecular weight excluding hydrogens is 441 g/mol. The van der Waals surface area contributed by atoms with E-state index in [1.807, 2.05) is 30.3 Å². The lowest BCUT2D eigenvalue weighted by molar-refractivity contribution is 0.0221. The summed E-state index contributed by atoms with van der Waals surface area (Å²) in [6.07, 6.45) is 3.02. The van der Waals surface area contributed by atoms with Crippen LogP contribution in [0.3, 0.4) is 0 Å². The molecule has 2 fully saturated rings. The van der Waals surface area contributed by atoms with E-state index in [4.69, 9.17) is 14.2 Å². The number of rotatable bonds is 6. The zero-order valence-corrected chi connectivity index (χ0v) is 20.2. The topological polar surface area (TPSA) is 30.9 Å². The van der Waals surface area contributed by atoms with E-state index < -0.39 is 0 Å². The Balaban J connectivity index is 1.11. The summed E-state index contributed by atoms with van der Waals surface area (Å²) in [6.45, 7) is 3.72. The molecule has 182 valence electrons. The molecule has 0 N–H and O–H groups in total. The lowest BCUT2D eigenvalue weighted by Crippen LogP contribution is -2.31. The lowest BCUT2D eigenvalue weighted by Gasteiger charge is -2.22. The molecule has 0 saturated carbocycles.